The summed E-state index contributed by atoms with van der Waals surface area (Å²) in [6, 6.07) is 0. The van der Waals surface area contributed by atoms with Gasteiger partial charge in [0.25, 0.3) is 0 Å². The molecule has 0 saturated carbocycles. The summed E-state index contributed by atoms with van der Waals surface area (Å²) in [4.78, 5) is 19.6. The summed E-state index contributed by atoms with van der Waals surface area (Å²) < 4.78 is 5.08. The van der Waals surface area contributed by atoms with Crippen LogP contribution in [0.5, 0.6) is 0 Å². The van der Waals surface area contributed by atoms with Gasteiger partial charge in [-0.25, -0.2) is 19.4 Å². The SMILES string of the molecule is Cn1cncc1-c1c(C(=O)O)nnn1Cc1nccn1C. The summed E-state index contributed by atoms with van der Waals surface area (Å²) >= 11 is 0. The zero-order valence-electron chi connectivity index (χ0n) is 11.5. The number of hydrogen-bond donors (Lipinski definition) is 1. The van der Waals surface area contributed by atoms with Crippen LogP contribution in [0.25, 0.3) is 11.4 Å². The minimum atomic E-state index is -1.13. The van der Waals surface area contributed by atoms with Crippen LogP contribution in [-0.4, -0.2) is 45.2 Å². The van der Waals surface area contributed by atoms with Crippen molar-refractivity contribution in [2.24, 2.45) is 14.1 Å². The second kappa shape index (κ2) is 4.85. The van der Waals surface area contributed by atoms with Crippen molar-refractivity contribution < 1.29 is 9.90 Å². The first-order valence-corrected chi connectivity index (χ1v) is 6.17. The lowest BCUT2D eigenvalue weighted by molar-refractivity contribution is 0.0691. The lowest BCUT2D eigenvalue weighted by Gasteiger charge is -2.07. The minimum absolute atomic E-state index is 0.104. The molecule has 0 fully saturated rings. The second-order valence-corrected chi connectivity index (χ2v) is 4.59. The number of aromatic nitrogens is 7. The summed E-state index contributed by atoms with van der Waals surface area (Å²) in [6.45, 7) is 0.324. The summed E-state index contributed by atoms with van der Waals surface area (Å²) in [5.41, 5.74) is 0.935. The zero-order chi connectivity index (χ0) is 15.0. The van der Waals surface area contributed by atoms with E-state index in [1.807, 2.05) is 17.8 Å². The van der Waals surface area contributed by atoms with Crippen molar-refractivity contribution in [2.45, 2.75) is 6.54 Å². The van der Waals surface area contributed by atoms with E-state index in [2.05, 4.69) is 20.3 Å². The molecule has 0 aliphatic carbocycles. The standard InChI is InChI=1S/C12H13N7O2/c1-17-4-3-14-9(17)6-19-11(8-5-13-7-18(8)2)10(12(20)21)15-16-19/h3-5,7H,6H2,1-2H3,(H,20,21). The maximum Gasteiger partial charge on any atom is 0.358 e. The van der Waals surface area contributed by atoms with Crippen LogP contribution >= 0.6 is 0 Å². The Hall–Kier alpha value is -2.97. The molecule has 0 spiro atoms. The van der Waals surface area contributed by atoms with Gasteiger partial charge in [-0.2, -0.15) is 0 Å². The predicted octanol–water partition coefficient (Wildman–Crippen LogP) is 0.159. The van der Waals surface area contributed by atoms with Gasteiger partial charge in [0.15, 0.2) is 5.69 Å². The molecule has 0 aromatic carbocycles. The molecular weight excluding hydrogens is 274 g/mol. The summed E-state index contributed by atoms with van der Waals surface area (Å²) in [5.74, 6) is -0.377. The molecule has 3 rings (SSSR count). The summed E-state index contributed by atoms with van der Waals surface area (Å²) in [7, 11) is 3.65. The lowest BCUT2D eigenvalue weighted by atomic mass is 10.2. The van der Waals surface area contributed by atoms with Crippen LogP contribution in [0.4, 0.5) is 0 Å². The highest BCUT2D eigenvalue weighted by Crippen LogP contribution is 2.22. The van der Waals surface area contributed by atoms with E-state index in [4.69, 9.17) is 0 Å². The Labute approximate surface area is 119 Å². The van der Waals surface area contributed by atoms with E-state index in [9.17, 15) is 9.90 Å². The molecule has 9 heteroatoms. The minimum Gasteiger partial charge on any atom is -0.476 e. The van der Waals surface area contributed by atoms with Gasteiger partial charge in [0.1, 0.15) is 18.1 Å². The number of imidazole rings is 2. The van der Waals surface area contributed by atoms with Gasteiger partial charge in [-0.3, -0.25) is 0 Å². The van der Waals surface area contributed by atoms with Gasteiger partial charge in [-0.1, -0.05) is 5.21 Å². The predicted molar refractivity (Wildman–Crippen MR) is 71.5 cm³/mol. The topological polar surface area (TPSA) is 104 Å². The van der Waals surface area contributed by atoms with Crippen LogP contribution in [-0.2, 0) is 20.6 Å². The molecule has 3 heterocycles. The normalized spacial score (nSPS) is 11.0. The van der Waals surface area contributed by atoms with E-state index in [-0.39, 0.29) is 5.69 Å². The molecule has 0 amide bonds. The van der Waals surface area contributed by atoms with Crippen LogP contribution in [0.2, 0.25) is 0 Å². The van der Waals surface area contributed by atoms with Crippen molar-refractivity contribution in [1.82, 2.24) is 34.1 Å². The van der Waals surface area contributed by atoms with Gasteiger partial charge in [0.05, 0.1) is 18.2 Å². The highest BCUT2D eigenvalue weighted by atomic mass is 16.4. The third kappa shape index (κ3) is 2.18. The Morgan fingerprint density at radius 2 is 2.14 bits per heavy atom. The van der Waals surface area contributed by atoms with Gasteiger partial charge in [-0.05, 0) is 0 Å². The van der Waals surface area contributed by atoms with Crippen molar-refractivity contribution in [3.05, 3.63) is 36.4 Å². The Morgan fingerprint density at radius 1 is 1.33 bits per heavy atom. The molecule has 0 atom stereocenters. The average molecular weight is 287 g/mol. The van der Waals surface area contributed by atoms with Gasteiger partial charge in [0, 0.05) is 26.5 Å². The Kier molecular flexibility index (Phi) is 3.01. The number of carbonyl (C=O) groups is 1. The van der Waals surface area contributed by atoms with Crippen LogP contribution in [0.1, 0.15) is 16.3 Å². The van der Waals surface area contributed by atoms with Crippen LogP contribution in [0, 0.1) is 0 Å². The van der Waals surface area contributed by atoms with E-state index >= 15 is 0 Å². The molecule has 21 heavy (non-hydrogen) atoms. The number of nitrogens with zero attached hydrogens (tertiary/aromatic N) is 7. The van der Waals surface area contributed by atoms with E-state index < -0.39 is 5.97 Å². The van der Waals surface area contributed by atoms with Crippen molar-refractivity contribution in [3.63, 3.8) is 0 Å². The Balaban J connectivity index is 2.12. The largest absolute Gasteiger partial charge is 0.476 e. The molecule has 9 nitrogen and oxygen atoms in total. The summed E-state index contributed by atoms with van der Waals surface area (Å²) in [6.07, 6.45) is 6.67. The fourth-order valence-electron chi connectivity index (χ4n) is 2.09. The first kappa shape index (κ1) is 13.0. The molecule has 0 aliphatic rings. The monoisotopic (exact) mass is 287 g/mol. The van der Waals surface area contributed by atoms with Crippen molar-refractivity contribution in [2.75, 3.05) is 0 Å². The van der Waals surface area contributed by atoms with Gasteiger partial charge in [-0.15, -0.1) is 5.10 Å². The first-order chi connectivity index (χ1) is 10.1. The fourth-order valence-corrected chi connectivity index (χ4v) is 2.09. The molecule has 0 bridgehead atoms. The van der Waals surface area contributed by atoms with Crippen LogP contribution in [0.15, 0.2) is 24.9 Å². The second-order valence-electron chi connectivity index (χ2n) is 4.59. The Bertz CT molecular complexity index is 798. The van der Waals surface area contributed by atoms with Gasteiger partial charge >= 0.3 is 5.97 Å². The maximum atomic E-state index is 11.3. The number of hydrogen-bond acceptors (Lipinski definition) is 5. The lowest BCUT2D eigenvalue weighted by Crippen LogP contribution is -2.11. The number of carboxylic acids is 1. The smallest absolute Gasteiger partial charge is 0.358 e. The van der Waals surface area contributed by atoms with Gasteiger partial charge < -0.3 is 14.2 Å². The van der Waals surface area contributed by atoms with E-state index in [1.54, 1.807) is 30.3 Å². The van der Waals surface area contributed by atoms with Crippen LogP contribution in [0.3, 0.4) is 0 Å². The van der Waals surface area contributed by atoms with Crippen molar-refractivity contribution in [3.8, 4) is 11.4 Å². The van der Waals surface area contributed by atoms with E-state index in [0.717, 1.165) is 5.82 Å². The number of aryl methyl sites for hydroxylation is 2. The number of carboxylic acid groups (broad SMARTS) is 1. The fraction of sp³-hybridized carbons (Fsp3) is 0.250. The average Bonchev–Trinajstić information content (AvgIpc) is 3.12. The molecule has 0 saturated heterocycles. The molecule has 0 unspecified atom stereocenters. The van der Waals surface area contributed by atoms with E-state index in [0.29, 0.717) is 17.9 Å². The van der Waals surface area contributed by atoms with E-state index in [1.165, 1.54) is 4.68 Å². The van der Waals surface area contributed by atoms with Gasteiger partial charge in [0.2, 0.25) is 0 Å². The molecule has 3 aromatic rings. The molecule has 0 aliphatic heterocycles. The molecule has 1 N–H and O–H groups in total. The third-order valence-corrected chi connectivity index (χ3v) is 3.21. The van der Waals surface area contributed by atoms with Crippen molar-refractivity contribution in [1.29, 1.82) is 0 Å². The quantitative estimate of drug-likeness (QED) is 0.733. The molecule has 108 valence electrons. The maximum absolute atomic E-state index is 11.3. The zero-order valence-corrected chi connectivity index (χ0v) is 11.5. The van der Waals surface area contributed by atoms with Crippen molar-refractivity contribution >= 4 is 5.97 Å². The third-order valence-electron chi connectivity index (χ3n) is 3.21. The highest BCUT2D eigenvalue weighted by Gasteiger charge is 2.23. The molecule has 0 radical (unpaired) electrons. The molecular formula is C12H13N7O2. The Morgan fingerprint density at radius 3 is 2.71 bits per heavy atom. The van der Waals surface area contributed by atoms with Crippen LogP contribution < -0.4 is 0 Å². The summed E-state index contributed by atoms with van der Waals surface area (Å²) in [5, 5.41) is 17.0. The first-order valence-electron chi connectivity index (χ1n) is 6.17. The highest BCUT2D eigenvalue weighted by molar-refractivity contribution is 5.92. The number of rotatable bonds is 4. The molecule has 3 aromatic heterocycles. The number of aromatic carboxylic acids is 1.